The molecule has 0 aromatic heterocycles. The van der Waals surface area contributed by atoms with Gasteiger partial charge in [0.25, 0.3) is 5.91 Å². The summed E-state index contributed by atoms with van der Waals surface area (Å²) in [5.41, 5.74) is 11.1. The number of amides is 3. The van der Waals surface area contributed by atoms with Gasteiger partial charge in [0.05, 0.1) is 0 Å². The molecular weight excluding hydrogens is 524 g/mol. The van der Waals surface area contributed by atoms with Crippen molar-refractivity contribution in [2.45, 2.75) is 31.5 Å². The molecule has 0 saturated heterocycles. The van der Waals surface area contributed by atoms with Gasteiger partial charge in [0.2, 0.25) is 11.8 Å². The van der Waals surface area contributed by atoms with Crippen LogP contribution in [0.3, 0.4) is 0 Å². The number of carbonyl (C=O) groups is 3. The zero-order chi connectivity index (χ0) is 30.1. The third-order valence-electron chi connectivity index (χ3n) is 7.61. The van der Waals surface area contributed by atoms with Crippen molar-refractivity contribution < 1.29 is 14.4 Å². The minimum atomic E-state index is -0.852. The fourth-order valence-electron chi connectivity index (χ4n) is 5.05. The first-order chi connectivity index (χ1) is 20.3. The number of likely N-dealkylation sites (N-methyl/N-ethyl adjacent to an activating group) is 3. The van der Waals surface area contributed by atoms with E-state index in [1.54, 1.807) is 39.3 Å². The van der Waals surface area contributed by atoms with Crippen LogP contribution in [0.15, 0.2) is 109 Å². The molecule has 0 saturated carbocycles. The van der Waals surface area contributed by atoms with E-state index in [1.165, 1.54) is 9.80 Å². The molecule has 0 heterocycles. The second-order valence-corrected chi connectivity index (χ2v) is 10.4. The summed E-state index contributed by atoms with van der Waals surface area (Å²) in [6.07, 6.45) is 0.625. The molecule has 4 rings (SSSR count). The third kappa shape index (κ3) is 7.30. The Morgan fingerprint density at radius 1 is 0.667 bits per heavy atom. The largest absolute Gasteiger partial charge is 0.357 e. The molecule has 0 aliphatic rings. The SMILES string of the molecule is CNC(=O)C(Cc1ccccc1)N(C)C(=O)[C@@H](Cc1ccc(-c2ccccc2)cc1)N(C)C(=O)c1cccc(CN)c1. The van der Waals surface area contributed by atoms with Crippen LogP contribution in [0.25, 0.3) is 11.1 Å². The van der Waals surface area contributed by atoms with E-state index in [-0.39, 0.29) is 24.1 Å². The quantitative estimate of drug-likeness (QED) is 0.285. The summed E-state index contributed by atoms with van der Waals surface area (Å²) in [4.78, 5) is 43.9. The van der Waals surface area contributed by atoms with Gasteiger partial charge in [0.15, 0.2) is 0 Å². The van der Waals surface area contributed by atoms with E-state index in [2.05, 4.69) is 5.32 Å². The van der Waals surface area contributed by atoms with E-state index in [9.17, 15) is 14.4 Å². The molecule has 0 fully saturated rings. The highest BCUT2D eigenvalue weighted by molar-refractivity contribution is 5.98. The summed E-state index contributed by atoms with van der Waals surface area (Å²) < 4.78 is 0. The fraction of sp³-hybridized carbons (Fsp3) is 0.229. The Morgan fingerprint density at radius 2 is 1.21 bits per heavy atom. The molecule has 7 nitrogen and oxygen atoms in total. The second kappa shape index (κ2) is 14.2. The van der Waals surface area contributed by atoms with Gasteiger partial charge >= 0.3 is 0 Å². The number of benzene rings is 4. The molecule has 42 heavy (non-hydrogen) atoms. The van der Waals surface area contributed by atoms with Crippen molar-refractivity contribution in [2.24, 2.45) is 5.73 Å². The van der Waals surface area contributed by atoms with Gasteiger partial charge in [-0.15, -0.1) is 0 Å². The third-order valence-corrected chi connectivity index (χ3v) is 7.61. The highest BCUT2D eigenvalue weighted by atomic mass is 16.2. The van der Waals surface area contributed by atoms with Crippen LogP contribution >= 0.6 is 0 Å². The van der Waals surface area contributed by atoms with Crippen molar-refractivity contribution in [1.82, 2.24) is 15.1 Å². The maximum absolute atomic E-state index is 14.2. The second-order valence-electron chi connectivity index (χ2n) is 10.4. The molecule has 7 heteroatoms. The van der Waals surface area contributed by atoms with Gasteiger partial charge in [-0.25, -0.2) is 0 Å². The molecule has 0 aliphatic carbocycles. The van der Waals surface area contributed by atoms with Crippen LogP contribution < -0.4 is 11.1 Å². The Kier molecular flexibility index (Phi) is 10.2. The average Bonchev–Trinajstić information content (AvgIpc) is 3.05. The number of nitrogens with two attached hydrogens (primary N) is 1. The topological polar surface area (TPSA) is 95.7 Å². The fourth-order valence-corrected chi connectivity index (χ4v) is 5.05. The first-order valence-corrected chi connectivity index (χ1v) is 14.0. The van der Waals surface area contributed by atoms with Crippen molar-refractivity contribution >= 4 is 17.7 Å². The van der Waals surface area contributed by atoms with Crippen molar-refractivity contribution in [3.8, 4) is 11.1 Å². The van der Waals surface area contributed by atoms with Crippen LogP contribution in [0.2, 0.25) is 0 Å². The Hall–Kier alpha value is -4.75. The summed E-state index contributed by atoms with van der Waals surface area (Å²) in [5, 5.41) is 2.70. The van der Waals surface area contributed by atoms with Crippen molar-refractivity contribution in [3.63, 3.8) is 0 Å². The van der Waals surface area contributed by atoms with E-state index in [4.69, 9.17) is 5.73 Å². The van der Waals surface area contributed by atoms with Crippen LogP contribution in [0, 0.1) is 0 Å². The van der Waals surface area contributed by atoms with Crippen molar-refractivity contribution in [2.75, 3.05) is 21.1 Å². The molecule has 4 aromatic carbocycles. The summed E-state index contributed by atoms with van der Waals surface area (Å²) in [7, 11) is 4.83. The molecule has 0 spiro atoms. The number of nitrogens with one attached hydrogen (secondary N) is 1. The molecule has 0 bridgehead atoms. The maximum Gasteiger partial charge on any atom is 0.254 e. The van der Waals surface area contributed by atoms with Gasteiger partial charge in [-0.3, -0.25) is 14.4 Å². The first kappa shape index (κ1) is 30.2. The lowest BCUT2D eigenvalue weighted by molar-refractivity contribution is -0.142. The summed E-state index contributed by atoms with van der Waals surface area (Å²) in [5.74, 6) is -0.889. The van der Waals surface area contributed by atoms with Gasteiger partial charge in [-0.2, -0.15) is 0 Å². The lowest BCUT2D eigenvalue weighted by atomic mass is 9.97. The minimum Gasteiger partial charge on any atom is -0.357 e. The van der Waals surface area contributed by atoms with E-state index in [0.717, 1.165) is 27.8 Å². The number of nitrogens with zero attached hydrogens (tertiary/aromatic N) is 2. The van der Waals surface area contributed by atoms with Gasteiger partial charge in [-0.05, 0) is 39.9 Å². The highest BCUT2D eigenvalue weighted by Crippen LogP contribution is 2.22. The first-order valence-electron chi connectivity index (χ1n) is 14.0. The van der Waals surface area contributed by atoms with E-state index >= 15 is 0 Å². The molecule has 216 valence electrons. The summed E-state index contributed by atoms with van der Waals surface area (Å²) in [6.45, 7) is 0.303. The molecule has 1 unspecified atom stereocenters. The standard InChI is InChI=1S/C35H38N4O3/c1-37-33(40)31(22-25-11-6-4-7-12-25)38(2)35(42)32(39(3)34(41)30-16-10-13-27(21-30)24-36)23-26-17-19-29(20-18-26)28-14-8-5-9-15-28/h4-21,31-32H,22-24,36H2,1-3H3,(H,37,40)/t31?,32-/m1/s1. The predicted molar refractivity (Wildman–Crippen MR) is 167 cm³/mol. The van der Waals surface area contributed by atoms with Gasteiger partial charge < -0.3 is 20.9 Å². The molecule has 2 atom stereocenters. The van der Waals surface area contributed by atoms with Gasteiger partial charge in [0.1, 0.15) is 12.1 Å². The van der Waals surface area contributed by atoms with E-state index < -0.39 is 12.1 Å². The molecule has 4 aromatic rings. The van der Waals surface area contributed by atoms with Crippen LogP contribution in [0.5, 0.6) is 0 Å². The smallest absolute Gasteiger partial charge is 0.254 e. The summed E-state index contributed by atoms with van der Waals surface area (Å²) >= 11 is 0. The van der Waals surface area contributed by atoms with Crippen LogP contribution in [0.4, 0.5) is 0 Å². The number of hydrogen-bond acceptors (Lipinski definition) is 4. The zero-order valence-corrected chi connectivity index (χ0v) is 24.4. The Balaban J connectivity index is 1.66. The Bertz CT molecular complexity index is 1490. The van der Waals surface area contributed by atoms with Crippen LogP contribution in [-0.4, -0.2) is 60.7 Å². The highest BCUT2D eigenvalue weighted by Gasteiger charge is 2.35. The Labute approximate surface area is 248 Å². The molecule has 0 radical (unpaired) electrons. The van der Waals surface area contributed by atoms with Crippen molar-refractivity contribution in [3.05, 3.63) is 131 Å². The number of rotatable bonds is 11. The molecular formula is C35H38N4O3. The van der Waals surface area contributed by atoms with Crippen LogP contribution in [0.1, 0.15) is 27.0 Å². The average molecular weight is 563 g/mol. The molecule has 3 N–H and O–H groups in total. The van der Waals surface area contributed by atoms with E-state index in [1.807, 2.05) is 91.0 Å². The maximum atomic E-state index is 14.2. The monoisotopic (exact) mass is 562 g/mol. The molecule has 3 amide bonds. The zero-order valence-electron chi connectivity index (χ0n) is 24.4. The Morgan fingerprint density at radius 3 is 1.83 bits per heavy atom. The van der Waals surface area contributed by atoms with Crippen molar-refractivity contribution in [1.29, 1.82) is 0 Å². The van der Waals surface area contributed by atoms with Gasteiger partial charge in [0, 0.05) is 46.1 Å². The lowest BCUT2D eigenvalue weighted by Gasteiger charge is -2.34. The van der Waals surface area contributed by atoms with Crippen LogP contribution in [-0.2, 0) is 29.0 Å². The minimum absolute atomic E-state index is 0.273. The van der Waals surface area contributed by atoms with Gasteiger partial charge in [-0.1, -0.05) is 97.1 Å². The predicted octanol–water partition coefficient (Wildman–Crippen LogP) is 4.31. The van der Waals surface area contributed by atoms with E-state index in [0.29, 0.717) is 18.5 Å². The number of carbonyl (C=O) groups excluding carboxylic acids is 3. The lowest BCUT2D eigenvalue weighted by Crippen LogP contribution is -2.55. The summed E-state index contributed by atoms with van der Waals surface area (Å²) in [6, 6.07) is 33.2. The molecule has 0 aliphatic heterocycles. The number of hydrogen-bond donors (Lipinski definition) is 2. The normalized spacial score (nSPS) is 12.2.